The average Bonchev–Trinajstić information content (AvgIpc) is 3.12. The van der Waals surface area contributed by atoms with Gasteiger partial charge in [-0.15, -0.1) is 11.3 Å². The summed E-state index contributed by atoms with van der Waals surface area (Å²) in [5.41, 5.74) is 0. The van der Waals surface area contributed by atoms with E-state index in [0.717, 1.165) is 6.42 Å². The smallest absolute Gasteiger partial charge is 0.231 e. The SMILES string of the molecule is C[C@@H]1[C@H](C)CCC[C@@H]1N1C[C@H](C(=O)Nc2nccs2)CC1=O. The molecule has 22 heavy (non-hydrogen) atoms. The summed E-state index contributed by atoms with van der Waals surface area (Å²) in [5.74, 6) is 0.960. The Kier molecular flexibility index (Phi) is 4.47. The van der Waals surface area contributed by atoms with Gasteiger partial charge in [-0.25, -0.2) is 4.98 Å². The Bertz CT molecular complexity index is 546. The van der Waals surface area contributed by atoms with Crippen molar-refractivity contribution in [1.29, 1.82) is 0 Å². The largest absolute Gasteiger partial charge is 0.339 e. The molecule has 0 bridgehead atoms. The summed E-state index contributed by atoms with van der Waals surface area (Å²) in [6.07, 6.45) is 5.48. The van der Waals surface area contributed by atoms with Crippen molar-refractivity contribution >= 4 is 28.3 Å². The number of rotatable bonds is 3. The highest BCUT2D eigenvalue weighted by Gasteiger charge is 2.41. The first-order valence-electron chi connectivity index (χ1n) is 8.06. The van der Waals surface area contributed by atoms with Gasteiger partial charge in [0.2, 0.25) is 11.8 Å². The fourth-order valence-electron chi connectivity index (χ4n) is 3.71. The number of thiazole rings is 1. The molecule has 2 amide bonds. The van der Waals surface area contributed by atoms with Crippen LogP contribution in [0.4, 0.5) is 5.13 Å². The summed E-state index contributed by atoms with van der Waals surface area (Å²) in [5, 5.41) is 5.25. The molecule has 0 spiro atoms. The molecule has 2 heterocycles. The quantitative estimate of drug-likeness (QED) is 0.931. The molecule has 2 aliphatic rings. The number of likely N-dealkylation sites (tertiary alicyclic amines) is 1. The predicted octanol–water partition coefficient (Wildman–Crippen LogP) is 2.75. The lowest BCUT2D eigenvalue weighted by molar-refractivity contribution is -0.131. The Morgan fingerprint density at radius 1 is 1.41 bits per heavy atom. The van der Waals surface area contributed by atoms with E-state index in [-0.39, 0.29) is 17.7 Å². The number of carbonyl (C=O) groups excluding carboxylic acids is 2. The van der Waals surface area contributed by atoms with Crippen molar-refractivity contribution in [2.45, 2.75) is 45.6 Å². The van der Waals surface area contributed by atoms with Crippen LogP contribution in [0.2, 0.25) is 0 Å². The van der Waals surface area contributed by atoms with Crippen LogP contribution in [0.1, 0.15) is 39.5 Å². The lowest BCUT2D eigenvalue weighted by Gasteiger charge is -2.40. The Morgan fingerprint density at radius 2 is 2.23 bits per heavy atom. The minimum Gasteiger partial charge on any atom is -0.339 e. The van der Waals surface area contributed by atoms with Crippen LogP contribution in [0.15, 0.2) is 11.6 Å². The molecular formula is C16H23N3O2S. The van der Waals surface area contributed by atoms with Gasteiger partial charge in [0.1, 0.15) is 0 Å². The van der Waals surface area contributed by atoms with Gasteiger partial charge in [0.15, 0.2) is 5.13 Å². The first-order chi connectivity index (χ1) is 10.6. The summed E-state index contributed by atoms with van der Waals surface area (Å²) in [7, 11) is 0. The van der Waals surface area contributed by atoms with E-state index < -0.39 is 0 Å². The number of amides is 2. The van der Waals surface area contributed by atoms with Gasteiger partial charge in [-0.05, 0) is 18.3 Å². The number of anilines is 1. The fraction of sp³-hybridized carbons (Fsp3) is 0.688. The number of hydrogen-bond donors (Lipinski definition) is 1. The van der Waals surface area contributed by atoms with Crippen LogP contribution in [-0.2, 0) is 9.59 Å². The number of carbonyl (C=O) groups is 2. The maximum absolute atomic E-state index is 12.4. The van der Waals surface area contributed by atoms with Gasteiger partial charge in [-0.3, -0.25) is 9.59 Å². The molecule has 0 unspecified atom stereocenters. The third-order valence-corrected chi connectivity index (χ3v) is 5.94. The zero-order chi connectivity index (χ0) is 15.7. The standard InChI is InChI=1S/C16H23N3O2S/c1-10-4-3-5-13(11(10)2)19-9-12(8-14(19)20)15(21)18-16-17-6-7-22-16/h6-7,10-13H,3-5,8-9H2,1-2H3,(H,17,18,21)/t10-,11-,12-,13+/m1/s1. The molecule has 1 saturated heterocycles. The van der Waals surface area contributed by atoms with E-state index in [0.29, 0.717) is 36.0 Å². The fourth-order valence-corrected chi connectivity index (χ4v) is 4.25. The van der Waals surface area contributed by atoms with Gasteiger partial charge in [0.05, 0.1) is 5.92 Å². The van der Waals surface area contributed by atoms with E-state index in [4.69, 9.17) is 0 Å². The van der Waals surface area contributed by atoms with Gasteiger partial charge in [-0.1, -0.05) is 26.7 Å². The van der Waals surface area contributed by atoms with Crippen molar-refractivity contribution in [3.63, 3.8) is 0 Å². The predicted molar refractivity (Wildman–Crippen MR) is 86.5 cm³/mol. The summed E-state index contributed by atoms with van der Waals surface area (Å²) >= 11 is 1.40. The first kappa shape index (κ1) is 15.5. The zero-order valence-corrected chi connectivity index (χ0v) is 13.9. The van der Waals surface area contributed by atoms with Gasteiger partial charge in [0, 0.05) is 30.6 Å². The molecule has 120 valence electrons. The van der Waals surface area contributed by atoms with Gasteiger partial charge in [-0.2, -0.15) is 0 Å². The Hall–Kier alpha value is -1.43. The second-order valence-corrected chi connectivity index (χ2v) is 7.50. The van der Waals surface area contributed by atoms with Crippen LogP contribution in [0, 0.1) is 17.8 Å². The van der Waals surface area contributed by atoms with Crippen LogP contribution < -0.4 is 5.32 Å². The van der Waals surface area contributed by atoms with Crippen molar-refractivity contribution in [2.24, 2.45) is 17.8 Å². The van der Waals surface area contributed by atoms with Crippen molar-refractivity contribution in [2.75, 3.05) is 11.9 Å². The molecule has 0 radical (unpaired) electrons. The molecule has 2 fully saturated rings. The number of hydrogen-bond acceptors (Lipinski definition) is 4. The third kappa shape index (κ3) is 3.02. The molecule has 1 N–H and O–H groups in total. The summed E-state index contributed by atoms with van der Waals surface area (Å²) in [4.78, 5) is 30.7. The van der Waals surface area contributed by atoms with Crippen LogP contribution in [-0.4, -0.2) is 34.3 Å². The number of nitrogens with zero attached hydrogens (tertiary/aromatic N) is 2. The van der Waals surface area contributed by atoms with Crippen LogP contribution in [0.3, 0.4) is 0 Å². The monoisotopic (exact) mass is 321 g/mol. The average molecular weight is 321 g/mol. The van der Waals surface area contributed by atoms with Crippen LogP contribution >= 0.6 is 11.3 Å². The van der Waals surface area contributed by atoms with Crippen LogP contribution in [0.5, 0.6) is 0 Å². The minimum absolute atomic E-state index is 0.0812. The van der Waals surface area contributed by atoms with Gasteiger partial charge < -0.3 is 10.2 Å². The zero-order valence-electron chi connectivity index (χ0n) is 13.1. The summed E-state index contributed by atoms with van der Waals surface area (Å²) in [6.45, 7) is 5.06. The first-order valence-corrected chi connectivity index (χ1v) is 8.94. The number of aromatic nitrogens is 1. The highest BCUT2D eigenvalue weighted by Crippen LogP contribution is 2.35. The van der Waals surface area contributed by atoms with Gasteiger partial charge in [0.25, 0.3) is 0 Å². The molecule has 1 aromatic rings. The number of nitrogens with one attached hydrogen (secondary N) is 1. The molecule has 0 aromatic carbocycles. The molecule has 1 aliphatic heterocycles. The maximum atomic E-state index is 12.4. The molecule has 1 aliphatic carbocycles. The highest BCUT2D eigenvalue weighted by molar-refractivity contribution is 7.13. The van der Waals surface area contributed by atoms with E-state index in [1.165, 1.54) is 24.2 Å². The topological polar surface area (TPSA) is 62.3 Å². The lowest BCUT2D eigenvalue weighted by atomic mass is 9.77. The second-order valence-electron chi connectivity index (χ2n) is 6.61. The minimum atomic E-state index is -0.249. The summed E-state index contributed by atoms with van der Waals surface area (Å²) in [6, 6.07) is 0.300. The van der Waals surface area contributed by atoms with E-state index in [2.05, 4.69) is 24.1 Å². The Balaban J connectivity index is 1.64. The van der Waals surface area contributed by atoms with Gasteiger partial charge >= 0.3 is 0 Å². The van der Waals surface area contributed by atoms with Crippen molar-refractivity contribution in [1.82, 2.24) is 9.88 Å². The molecular weight excluding hydrogens is 298 g/mol. The summed E-state index contributed by atoms with van der Waals surface area (Å²) < 4.78 is 0. The van der Waals surface area contributed by atoms with E-state index in [9.17, 15) is 9.59 Å². The highest BCUT2D eigenvalue weighted by atomic mass is 32.1. The Labute approximate surface area is 135 Å². The molecule has 1 saturated carbocycles. The lowest BCUT2D eigenvalue weighted by Crippen LogP contribution is -2.45. The molecule has 5 nitrogen and oxygen atoms in total. The second kappa shape index (κ2) is 6.36. The molecule has 6 heteroatoms. The van der Waals surface area contributed by atoms with E-state index in [1.807, 2.05) is 10.3 Å². The van der Waals surface area contributed by atoms with E-state index in [1.54, 1.807) is 6.20 Å². The molecule has 3 rings (SSSR count). The Morgan fingerprint density at radius 3 is 2.95 bits per heavy atom. The molecule has 1 aromatic heterocycles. The molecule has 4 atom stereocenters. The van der Waals surface area contributed by atoms with E-state index >= 15 is 0 Å². The maximum Gasteiger partial charge on any atom is 0.231 e. The van der Waals surface area contributed by atoms with Crippen molar-refractivity contribution in [3.8, 4) is 0 Å². The van der Waals surface area contributed by atoms with Crippen LogP contribution in [0.25, 0.3) is 0 Å². The third-order valence-electron chi connectivity index (χ3n) is 5.26. The van der Waals surface area contributed by atoms with Crippen molar-refractivity contribution < 1.29 is 9.59 Å². The normalized spacial score (nSPS) is 32.3. The van der Waals surface area contributed by atoms with Crippen molar-refractivity contribution in [3.05, 3.63) is 11.6 Å².